The Labute approximate surface area is 169 Å². The number of amides is 1. The maximum absolute atomic E-state index is 12.9. The highest BCUT2D eigenvalue weighted by molar-refractivity contribution is 7.07. The summed E-state index contributed by atoms with van der Waals surface area (Å²) in [4.78, 5) is 19.6. The fraction of sp³-hybridized carbons (Fsp3) is 0.391. The molecule has 1 fully saturated rings. The molecule has 4 heterocycles. The number of fused-ring (bicyclic) bond motifs is 3. The molecular weight excluding hydrogens is 366 g/mol. The van der Waals surface area contributed by atoms with Crippen LogP contribution in [0, 0.1) is 5.92 Å². The zero-order valence-electron chi connectivity index (χ0n) is 16.2. The number of aromatic nitrogens is 2. The number of carbonyl (C=O) groups is 1. The van der Waals surface area contributed by atoms with E-state index in [1.54, 1.807) is 11.3 Å². The molecule has 2 aliphatic rings. The fourth-order valence-electron chi connectivity index (χ4n) is 4.60. The highest BCUT2D eigenvalue weighted by atomic mass is 32.1. The van der Waals surface area contributed by atoms with E-state index in [4.69, 9.17) is 0 Å². The molecule has 1 saturated heterocycles. The number of thiophene rings is 1. The number of hydrogen-bond donors (Lipinski definition) is 0. The van der Waals surface area contributed by atoms with Crippen molar-refractivity contribution in [2.24, 2.45) is 5.92 Å². The van der Waals surface area contributed by atoms with Crippen LogP contribution in [0.4, 0.5) is 0 Å². The smallest absolute Gasteiger partial charge is 0.222 e. The van der Waals surface area contributed by atoms with Gasteiger partial charge in [-0.1, -0.05) is 19.1 Å². The summed E-state index contributed by atoms with van der Waals surface area (Å²) in [5.41, 5.74) is 4.98. The van der Waals surface area contributed by atoms with Gasteiger partial charge >= 0.3 is 0 Å². The number of rotatable bonds is 4. The van der Waals surface area contributed by atoms with E-state index in [-0.39, 0.29) is 5.91 Å². The third kappa shape index (κ3) is 3.08. The number of piperidine rings is 1. The Morgan fingerprint density at radius 3 is 3.14 bits per heavy atom. The van der Waals surface area contributed by atoms with Crippen LogP contribution in [0.2, 0.25) is 0 Å². The highest BCUT2D eigenvalue weighted by Crippen LogP contribution is 2.35. The first kappa shape index (κ1) is 17.7. The number of pyridine rings is 1. The average molecular weight is 392 g/mol. The summed E-state index contributed by atoms with van der Waals surface area (Å²) in [6.45, 7) is 3.99. The Kier molecular flexibility index (Phi) is 4.55. The van der Waals surface area contributed by atoms with Crippen molar-refractivity contribution in [3.63, 3.8) is 0 Å². The van der Waals surface area contributed by atoms with Gasteiger partial charge in [0.2, 0.25) is 5.91 Å². The number of hydrogen-bond acceptors (Lipinski definition) is 3. The van der Waals surface area contributed by atoms with Crippen LogP contribution in [-0.2, 0) is 17.6 Å². The molecule has 2 atom stereocenters. The first-order chi connectivity index (χ1) is 13.7. The summed E-state index contributed by atoms with van der Waals surface area (Å²) in [5, 5.41) is 5.41. The SMILES string of the molecule is C[C@@H]1CCN(C(=O)CCc2ccsc2)C[C@@H]1n1ccc2cnc3c(c21)C=CC3. The lowest BCUT2D eigenvalue weighted by Crippen LogP contribution is -2.44. The van der Waals surface area contributed by atoms with Crippen LogP contribution in [0.5, 0.6) is 0 Å². The van der Waals surface area contributed by atoms with Crippen LogP contribution in [0.15, 0.2) is 41.4 Å². The van der Waals surface area contributed by atoms with Crippen LogP contribution in [0.3, 0.4) is 0 Å². The summed E-state index contributed by atoms with van der Waals surface area (Å²) in [5.74, 6) is 0.831. The molecule has 0 radical (unpaired) electrons. The molecule has 5 heteroatoms. The topological polar surface area (TPSA) is 38.1 Å². The molecule has 1 amide bonds. The minimum Gasteiger partial charge on any atom is -0.342 e. The molecule has 3 aromatic rings. The standard InChI is InChI=1S/C23H25N3OS/c1-16-7-10-25(22(27)6-5-17-9-12-28-15-17)14-21(16)26-11-8-18-13-24-20-4-2-3-19(20)23(18)26/h2-3,8-9,11-13,15-16,21H,4-7,10,14H2,1H3/t16-,21+/m1/s1. The molecule has 0 saturated carbocycles. The monoisotopic (exact) mass is 391 g/mol. The van der Waals surface area contributed by atoms with Crippen molar-refractivity contribution >= 4 is 34.2 Å². The number of allylic oxidation sites excluding steroid dienone is 1. The third-order valence-corrected chi connectivity index (χ3v) is 7.04. The lowest BCUT2D eigenvalue weighted by Gasteiger charge is -2.38. The molecule has 0 aromatic carbocycles. The summed E-state index contributed by atoms with van der Waals surface area (Å²) in [6, 6.07) is 4.60. The highest BCUT2D eigenvalue weighted by Gasteiger charge is 2.31. The first-order valence-electron chi connectivity index (χ1n) is 10.1. The Bertz CT molecular complexity index is 1030. The quantitative estimate of drug-likeness (QED) is 0.646. The van der Waals surface area contributed by atoms with Crippen LogP contribution in [0.1, 0.15) is 42.6 Å². The summed E-state index contributed by atoms with van der Waals surface area (Å²) in [7, 11) is 0. The zero-order valence-corrected chi connectivity index (χ0v) is 17.0. The minimum absolute atomic E-state index is 0.284. The van der Waals surface area contributed by atoms with E-state index in [0.29, 0.717) is 18.4 Å². The predicted molar refractivity (Wildman–Crippen MR) is 115 cm³/mol. The molecular formula is C23H25N3OS. The largest absolute Gasteiger partial charge is 0.342 e. The van der Waals surface area contributed by atoms with Crippen molar-refractivity contribution in [1.29, 1.82) is 0 Å². The summed E-state index contributed by atoms with van der Waals surface area (Å²) in [6.07, 6.45) is 12.0. The Hall–Kier alpha value is -2.40. The van der Waals surface area contributed by atoms with Crippen molar-refractivity contribution in [2.75, 3.05) is 13.1 Å². The Morgan fingerprint density at radius 1 is 1.36 bits per heavy atom. The molecule has 3 aromatic heterocycles. The van der Waals surface area contributed by atoms with E-state index in [9.17, 15) is 4.79 Å². The average Bonchev–Trinajstić information content (AvgIpc) is 3.45. The number of carbonyl (C=O) groups excluding carboxylic acids is 1. The van der Waals surface area contributed by atoms with E-state index in [2.05, 4.69) is 62.6 Å². The van der Waals surface area contributed by atoms with Crippen LogP contribution >= 0.6 is 11.3 Å². The van der Waals surface area contributed by atoms with Gasteiger partial charge in [-0.05, 0) is 47.2 Å². The lowest BCUT2D eigenvalue weighted by atomic mass is 9.92. The van der Waals surface area contributed by atoms with Gasteiger partial charge in [0.1, 0.15) is 0 Å². The van der Waals surface area contributed by atoms with Crippen LogP contribution < -0.4 is 0 Å². The van der Waals surface area contributed by atoms with Crippen molar-refractivity contribution < 1.29 is 4.79 Å². The van der Waals surface area contributed by atoms with Crippen LogP contribution in [-0.4, -0.2) is 33.4 Å². The van der Waals surface area contributed by atoms with E-state index >= 15 is 0 Å². The van der Waals surface area contributed by atoms with Crippen LogP contribution in [0.25, 0.3) is 17.0 Å². The fourth-order valence-corrected chi connectivity index (χ4v) is 5.30. The number of aryl methyl sites for hydroxylation is 1. The molecule has 144 valence electrons. The third-order valence-electron chi connectivity index (χ3n) is 6.30. The Morgan fingerprint density at radius 2 is 2.29 bits per heavy atom. The minimum atomic E-state index is 0.284. The normalized spacial score (nSPS) is 21.4. The molecule has 0 unspecified atom stereocenters. The van der Waals surface area contributed by atoms with Gasteiger partial charge in [-0.25, -0.2) is 0 Å². The number of nitrogens with zero attached hydrogens (tertiary/aromatic N) is 3. The molecule has 28 heavy (non-hydrogen) atoms. The van der Waals surface area contributed by atoms with Crippen molar-refractivity contribution in [1.82, 2.24) is 14.5 Å². The molecule has 1 aliphatic heterocycles. The Balaban J connectivity index is 1.39. The van der Waals surface area contributed by atoms with Gasteiger partial charge in [-0.15, -0.1) is 0 Å². The first-order valence-corrected chi connectivity index (χ1v) is 11.1. The van der Waals surface area contributed by atoms with Crippen molar-refractivity contribution in [2.45, 2.75) is 38.6 Å². The van der Waals surface area contributed by atoms with Gasteiger partial charge in [0.25, 0.3) is 0 Å². The van der Waals surface area contributed by atoms with E-state index in [1.165, 1.54) is 27.7 Å². The predicted octanol–water partition coefficient (Wildman–Crippen LogP) is 4.71. The zero-order chi connectivity index (χ0) is 19.1. The molecule has 0 spiro atoms. The molecule has 4 nitrogen and oxygen atoms in total. The van der Waals surface area contributed by atoms with Gasteiger partial charge in [0, 0.05) is 49.3 Å². The summed E-state index contributed by atoms with van der Waals surface area (Å²) >= 11 is 1.70. The second-order valence-electron chi connectivity index (χ2n) is 8.06. The van der Waals surface area contributed by atoms with Crippen molar-refractivity contribution in [3.8, 4) is 0 Å². The molecule has 0 bridgehead atoms. The molecule has 1 aliphatic carbocycles. The van der Waals surface area contributed by atoms with E-state index in [0.717, 1.165) is 32.4 Å². The maximum Gasteiger partial charge on any atom is 0.222 e. The molecule has 0 N–H and O–H groups in total. The van der Waals surface area contributed by atoms with Gasteiger partial charge in [0.05, 0.1) is 17.3 Å². The second kappa shape index (κ2) is 7.21. The van der Waals surface area contributed by atoms with Crippen molar-refractivity contribution in [3.05, 3.63) is 58.2 Å². The van der Waals surface area contributed by atoms with E-state index < -0.39 is 0 Å². The van der Waals surface area contributed by atoms with Gasteiger partial charge in [-0.3, -0.25) is 9.78 Å². The number of likely N-dealkylation sites (tertiary alicyclic amines) is 1. The van der Waals surface area contributed by atoms with Gasteiger partial charge in [0.15, 0.2) is 0 Å². The van der Waals surface area contributed by atoms with Gasteiger partial charge in [-0.2, -0.15) is 11.3 Å². The molecule has 5 rings (SSSR count). The lowest BCUT2D eigenvalue weighted by molar-refractivity contribution is -0.133. The summed E-state index contributed by atoms with van der Waals surface area (Å²) < 4.78 is 2.41. The van der Waals surface area contributed by atoms with E-state index in [1.807, 2.05) is 6.20 Å². The second-order valence-corrected chi connectivity index (χ2v) is 8.84. The van der Waals surface area contributed by atoms with Gasteiger partial charge < -0.3 is 9.47 Å². The maximum atomic E-state index is 12.9.